The highest BCUT2D eigenvalue weighted by atomic mass is 14.9. The second-order valence-electron chi connectivity index (χ2n) is 3.71. The second kappa shape index (κ2) is 3.85. The van der Waals surface area contributed by atoms with Gasteiger partial charge in [0.05, 0.1) is 2.74 Å². The molecule has 0 aliphatic rings. The third-order valence-electron chi connectivity index (χ3n) is 2.56. The first-order valence-corrected chi connectivity index (χ1v) is 4.97. The minimum atomic E-state index is -0.0210. The third kappa shape index (κ3) is 1.78. The molecular formula is C14H16N+. The normalized spacial score (nSPS) is 13.1. The van der Waals surface area contributed by atoms with E-state index in [1.54, 1.807) is 11.6 Å². The van der Waals surface area contributed by atoms with Crippen LogP contribution in [-0.4, -0.2) is 0 Å². The lowest BCUT2D eigenvalue weighted by Crippen LogP contribution is -2.31. The number of aryl methyl sites for hydroxylation is 1. The summed E-state index contributed by atoms with van der Waals surface area (Å²) in [5.41, 5.74) is 3.71. The van der Waals surface area contributed by atoms with Crippen molar-refractivity contribution in [3.8, 4) is 11.3 Å². The minimum Gasteiger partial charge on any atom is -0.201 e. The molecule has 1 nitrogen and oxygen atoms in total. The lowest BCUT2D eigenvalue weighted by atomic mass is 10.0. The summed E-state index contributed by atoms with van der Waals surface area (Å²) < 4.78 is 25.2. The van der Waals surface area contributed by atoms with E-state index in [1.807, 2.05) is 38.1 Å². The standard InChI is InChI=1S/C14H16N/c1-11-7-4-5-9-13(11)14-12(2)8-6-10-15(14)3/h4-10H,1-3H3/q+1/i6D,8D,10D. The molecule has 0 radical (unpaired) electrons. The van der Waals surface area contributed by atoms with Crippen LogP contribution in [0.15, 0.2) is 42.5 Å². The molecule has 0 spiro atoms. The Hall–Kier alpha value is -1.63. The Morgan fingerprint density at radius 3 is 2.60 bits per heavy atom. The Morgan fingerprint density at radius 1 is 1.13 bits per heavy atom. The van der Waals surface area contributed by atoms with E-state index in [0.717, 1.165) is 22.4 Å². The molecule has 0 saturated heterocycles. The molecule has 15 heavy (non-hydrogen) atoms. The average molecular weight is 201 g/mol. The van der Waals surface area contributed by atoms with Crippen LogP contribution < -0.4 is 4.57 Å². The molecule has 0 atom stereocenters. The van der Waals surface area contributed by atoms with Gasteiger partial charge in [0.2, 0.25) is 5.69 Å². The van der Waals surface area contributed by atoms with E-state index in [4.69, 9.17) is 4.11 Å². The van der Waals surface area contributed by atoms with Crippen molar-refractivity contribution < 1.29 is 8.68 Å². The van der Waals surface area contributed by atoms with Crippen LogP contribution in [0.4, 0.5) is 0 Å². The molecule has 1 aromatic carbocycles. The Morgan fingerprint density at radius 2 is 1.87 bits per heavy atom. The van der Waals surface area contributed by atoms with Crippen LogP contribution in [-0.2, 0) is 7.05 Å². The van der Waals surface area contributed by atoms with Crippen molar-refractivity contribution in [3.05, 3.63) is 53.7 Å². The largest absolute Gasteiger partial charge is 0.215 e. The van der Waals surface area contributed by atoms with Crippen molar-refractivity contribution in [2.24, 2.45) is 7.05 Å². The predicted molar refractivity (Wildman–Crippen MR) is 62.5 cm³/mol. The smallest absolute Gasteiger partial charge is 0.201 e. The quantitative estimate of drug-likeness (QED) is 0.625. The monoisotopic (exact) mass is 201 g/mol. The van der Waals surface area contributed by atoms with E-state index in [2.05, 4.69) is 0 Å². The molecule has 1 heterocycles. The van der Waals surface area contributed by atoms with Crippen LogP contribution >= 0.6 is 0 Å². The SMILES string of the molecule is [2H]c1c([2H])c([2H])[n+](C)c(-c2ccccc2C)c1C. The molecule has 0 fully saturated rings. The maximum absolute atomic E-state index is 7.92. The number of rotatable bonds is 1. The van der Waals surface area contributed by atoms with Gasteiger partial charge in [0.15, 0.2) is 6.17 Å². The van der Waals surface area contributed by atoms with Gasteiger partial charge in [-0.15, -0.1) is 0 Å². The van der Waals surface area contributed by atoms with Crippen LogP contribution in [0.1, 0.15) is 15.2 Å². The topological polar surface area (TPSA) is 3.88 Å². The summed E-state index contributed by atoms with van der Waals surface area (Å²) in [4.78, 5) is 0. The Labute approximate surface area is 95.2 Å². The van der Waals surface area contributed by atoms with Crippen molar-refractivity contribution in [1.82, 2.24) is 0 Å². The fourth-order valence-electron chi connectivity index (χ4n) is 1.79. The van der Waals surface area contributed by atoms with E-state index >= 15 is 0 Å². The van der Waals surface area contributed by atoms with Crippen LogP contribution in [0, 0.1) is 13.8 Å². The van der Waals surface area contributed by atoms with E-state index in [-0.39, 0.29) is 18.3 Å². The fourth-order valence-corrected chi connectivity index (χ4v) is 1.79. The summed E-state index contributed by atoms with van der Waals surface area (Å²) >= 11 is 0. The summed E-state index contributed by atoms with van der Waals surface area (Å²) in [6, 6.07) is 8.03. The zero-order valence-electron chi connectivity index (χ0n) is 12.3. The van der Waals surface area contributed by atoms with Crippen molar-refractivity contribution in [1.29, 1.82) is 0 Å². The van der Waals surface area contributed by atoms with Gasteiger partial charge >= 0.3 is 0 Å². The highest BCUT2D eigenvalue weighted by Gasteiger charge is 2.13. The molecule has 0 amide bonds. The maximum atomic E-state index is 7.92. The summed E-state index contributed by atoms with van der Waals surface area (Å²) in [6.45, 7) is 3.85. The maximum Gasteiger partial charge on any atom is 0.215 e. The van der Waals surface area contributed by atoms with E-state index < -0.39 is 0 Å². The zero-order chi connectivity index (χ0) is 13.4. The van der Waals surface area contributed by atoms with Crippen molar-refractivity contribution >= 4 is 0 Å². The zero-order valence-corrected chi connectivity index (χ0v) is 9.26. The van der Waals surface area contributed by atoms with Crippen LogP contribution in [0.2, 0.25) is 0 Å². The van der Waals surface area contributed by atoms with Crippen molar-refractivity contribution in [2.45, 2.75) is 13.8 Å². The molecular weight excluding hydrogens is 182 g/mol. The molecule has 0 aliphatic carbocycles. The van der Waals surface area contributed by atoms with Gasteiger partial charge in [-0.2, -0.15) is 0 Å². The third-order valence-corrected chi connectivity index (χ3v) is 2.56. The molecule has 0 unspecified atom stereocenters. The Bertz CT molecular complexity index is 592. The Kier molecular flexibility index (Phi) is 1.74. The lowest BCUT2D eigenvalue weighted by molar-refractivity contribution is -0.660. The molecule has 2 aromatic rings. The van der Waals surface area contributed by atoms with Gasteiger partial charge in [0, 0.05) is 17.2 Å². The fraction of sp³-hybridized carbons (Fsp3) is 0.214. The van der Waals surface area contributed by atoms with Gasteiger partial charge in [-0.25, -0.2) is 4.57 Å². The summed E-state index contributed by atoms with van der Waals surface area (Å²) in [6.07, 6.45) is 0.0730. The lowest BCUT2D eigenvalue weighted by Gasteiger charge is -2.06. The molecule has 0 aliphatic heterocycles. The Balaban J connectivity index is 2.85. The van der Waals surface area contributed by atoms with E-state index in [1.165, 1.54) is 0 Å². The van der Waals surface area contributed by atoms with Crippen LogP contribution in [0.25, 0.3) is 11.3 Å². The summed E-state index contributed by atoms with van der Waals surface area (Å²) in [5.74, 6) is 0. The first kappa shape index (κ1) is 6.78. The molecule has 0 saturated carbocycles. The number of pyridine rings is 1. The minimum absolute atomic E-state index is 0.0210. The first-order valence-electron chi connectivity index (χ1n) is 6.47. The number of nitrogens with zero attached hydrogens (tertiary/aromatic N) is 1. The van der Waals surface area contributed by atoms with Crippen LogP contribution in [0.3, 0.4) is 0 Å². The number of benzene rings is 1. The highest BCUT2D eigenvalue weighted by Crippen LogP contribution is 2.22. The van der Waals surface area contributed by atoms with E-state index in [9.17, 15) is 0 Å². The van der Waals surface area contributed by atoms with E-state index in [0.29, 0.717) is 0 Å². The summed E-state index contributed by atoms with van der Waals surface area (Å²) in [7, 11) is 1.77. The molecule has 0 N–H and O–H groups in total. The number of aromatic nitrogens is 1. The molecule has 1 aromatic heterocycles. The molecule has 0 bridgehead atoms. The van der Waals surface area contributed by atoms with Crippen molar-refractivity contribution in [3.63, 3.8) is 0 Å². The van der Waals surface area contributed by atoms with Gasteiger partial charge < -0.3 is 0 Å². The predicted octanol–water partition coefficient (Wildman–Crippen LogP) is 2.79. The number of hydrogen-bond donors (Lipinski definition) is 0. The molecule has 1 heteroatoms. The van der Waals surface area contributed by atoms with Gasteiger partial charge in [0.1, 0.15) is 8.42 Å². The van der Waals surface area contributed by atoms with Gasteiger partial charge in [0.25, 0.3) is 0 Å². The van der Waals surface area contributed by atoms with Crippen molar-refractivity contribution in [2.75, 3.05) is 0 Å². The molecule has 2 rings (SSSR count). The second-order valence-corrected chi connectivity index (χ2v) is 3.71. The summed E-state index contributed by atoms with van der Waals surface area (Å²) in [5, 5.41) is 0. The highest BCUT2D eigenvalue weighted by molar-refractivity contribution is 5.63. The van der Waals surface area contributed by atoms with Crippen LogP contribution in [0.5, 0.6) is 0 Å². The van der Waals surface area contributed by atoms with Gasteiger partial charge in [-0.3, -0.25) is 0 Å². The van der Waals surface area contributed by atoms with Gasteiger partial charge in [-0.1, -0.05) is 18.2 Å². The number of hydrogen-bond acceptors (Lipinski definition) is 0. The first-order chi connectivity index (χ1) is 8.45. The average Bonchev–Trinajstić information content (AvgIpc) is 2.36. The van der Waals surface area contributed by atoms with Gasteiger partial charge in [-0.05, 0) is 31.5 Å². The molecule has 76 valence electrons.